The first-order chi connectivity index (χ1) is 12.0. The summed E-state index contributed by atoms with van der Waals surface area (Å²) in [6.45, 7) is 3.92. The van der Waals surface area contributed by atoms with Gasteiger partial charge in [-0.1, -0.05) is 29.8 Å². The number of rotatable bonds is 4. The number of benzene rings is 2. The van der Waals surface area contributed by atoms with Crippen molar-refractivity contribution in [3.05, 3.63) is 76.6 Å². The van der Waals surface area contributed by atoms with Gasteiger partial charge in [-0.25, -0.2) is 9.97 Å². The maximum atomic E-state index is 12.3. The highest BCUT2D eigenvalue weighted by Gasteiger charge is 2.09. The first kappa shape index (κ1) is 16.9. The molecule has 0 aliphatic heterocycles. The lowest BCUT2D eigenvalue weighted by molar-refractivity contribution is 0.102. The van der Waals surface area contributed by atoms with Crippen LogP contribution in [0.1, 0.15) is 21.5 Å². The Labute approximate surface area is 151 Å². The summed E-state index contributed by atoms with van der Waals surface area (Å²) in [6.07, 6.45) is 2.96. The molecule has 25 heavy (non-hydrogen) atoms. The minimum Gasteiger partial charge on any atom is -0.324 e. The van der Waals surface area contributed by atoms with Crippen LogP contribution in [0.15, 0.2) is 54.9 Å². The van der Waals surface area contributed by atoms with Gasteiger partial charge in [-0.05, 0) is 49.2 Å². The Morgan fingerprint density at radius 1 is 1.00 bits per heavy atom. The van der Waals surface area contributed by atoms with Gasteiger partial charge in [-0.15, -0.1) is 0 Å². The number of amides is 1. The lowest BCUT2D eigenvalue weighted by Crippen LogP contribution is -2.13. The molecule has 1 heterocycles. The van der Waals surface area contributed by atoms with Gasteiger partial charge in [0.2, 0.25) is 5.95 Å². The van der Waals surface area contributed by atoms with Crippen LogP contribution < -0.4 is 10.6 Å². The fraction of sp³-hybridized carbons (Fsp3) is 0.105. The van der Waals surface area contributed by atoms with E-state index in [2.05, 4.69) is 20.6 Å². The number of nitrogens with zero attached hydrogens (tertiary/aromatic N) is 2. The molecule has 0 radical (unpaired) electrons. The molecule has 0 fully saturated rings. The van der Waals surface area contributed by atoms with E-state index in [1.54, 1.807) is 12.1 Å². The van der Waals surface area contributed by atoms with Crippen molar-refractivity contribution in [3.8, 4) is 0 Å². The normalized spacial score (nSPS) is 10.4. The van der Waals surface area contributed by atoms with Crippen molar-refractivity contribution in [2.24, 2.45) is 0 Å². The zero-order valence-electron chi connectivity index (χ0n) is 13.9. The number of nitrogens with one attached hydrogen (secondary N) is 2. The average molecular weight is 353 g/mol. The lowest BCUT2D eigenvalue weighted by Gasteiger charge is -2.08. The molecule has 2 aromatic carbocycles. The molecule has 0 spiro atoms. The number of aromatic nitrogens is 2. The van der Waals surface area contributed by atoms with E-state index in [1.807, 2.05) is 44.2 Å². The van der Waals surface area contributed by atoms with Gasteiger partial charge in [-0.3, -0.25) is 4.79 Å². The van der Waals surface area contributed by atoms with E-state index >= 15 is 0 Å². The summed E-state index contributed by atoms with van der Waals surface area (Å²) in [6, 6.07) is 13.2. The van der Waals surface area contributed by atoms with E-state index in [9.17, 15) is 4.79 Å². The predicted molar refractivity (Wildman–Crippen MR) is 101 cm³/mol. The molecule has 1 aromatic heterocycles. The highest BCUT2D eigenvalue weighted by Crippen LogP contribution is 2.20. The van der Waals surface area contributed by atoms with E-state index in [0.717, 1.165) is 16.8 Å². The third kappa shape index (κ3) is 4.33. The summed E-state index contributed by atoms with van der Waals surface area (Å²) in [5.74, 6) is 0.141. The summed E-state index contributed by atoms with van der Waals surface area (Å²) >= 11 is 6.07. The lowest BCUT2D eigenvalue weighted by atomic mass is 10.2. The maximum Gasteiger partial charge on any atom is 0.258 e. The second kappa shape index (κ2) is 7.32. The molecule has 3 aromatic rings. The van der Waals surface area contributed by atoms with Crippen LogP contribution in [0.2, 0.25) is 5.02 Å². The van der Waals surface area contributed by atoms with Crippen LogP contribution >= 0.6 is 11.6 Å². The van der Waals surface area contributed by atoms with Crippen LogP contribution in [-0.4, -0.2) is 15.9 Å². The molecule has 6 heteroatoms. The number of anilines is 3. The van der Waals surface area contributed by atoms with Crippen LogP contribution in [-0.2, 0) is 0 Å². The number of carbonyl (C=O) groups is 1. The Bertz CT molecular complexity index is 910. The van der Waals surface area contributed by atoms with E-state index in [0.29, 0.717) is 22.2 Å². The van der Waals surface area contributed by atoms with Crippen molar-refractivity contribution >= 4 is 34.8 Å². The van der Waals surface area contributed by atoms with Gasteiger partial charge in [0.1, 0.15) is 0 Å². The first-order valence-corrected chi connectivity index (χ1v) is 8.12. The molecule has 0 atom stereocenters. The molecule has 0 aliphatic rings. The number of hydrogen-bond acceptors (Lipinski definition) is 4. The zero-order chi connectivity index (χ0) is 17.8. The molecule has 2 N–H and O–H groups in total. The van der Waals surface area contributed by atoms with Crippen molar-refractivity contribution in [1.29, 1.82) is 0 Å². The highest BCUT2D eigenvalue weighted by atomic mass is 35.5. The quantitative estimate of drug-likeness (QED) is 0.711. The Morgan fingerprint density at radius 3 is 2.44 bits per heavy atom. The molecule has 0 unspecified atom stereocenters. The minimum absolute atomic E-state index is 0.290. The molecule has 1 amide bonds. The van der Waals surface area contributed by atoms with Gasteiger partial charge in [0, 0.05) is 28.8 Å². The Hall–Kier alpha value is -2.92. The second-order valence-corrected chi connectivity index (χ2v) is 6.12. The van der Waals surface area contributed by atoms with Gasteiger partial charge in [0.15, 0.2) is 0 Å². The molecule has 0 saturated carbocycles. The summed E-state index contributed by atoms with van der Waals surface area (Å²) < 4.78 is 0. The van der Waals surface area contributed by atoms with E-state index < -0.39 is 0 Å². The standard InChI is InChI=1S/C19H17ClN4O/c1-12-4-3-5-15(8-12)24-19-21-10-14(11-22-19)18(25)23-16-7-6-13(2)17(20)9-16/h3-11H,1-2H3,(H,23,25)(H,21,22,24). The molecular formula is C19H17ClN4O. The minimum atomic E-state index is -0.290. The van der Waals surface area contributed by atoms with Crippen molar-refractivity contribution in [1.82, 2.24) is 9.97 Å². The van der Waals surface area contributed by atoms with E-state index in [-0.39, 0.29) is 5.91 Å². The van der Waals surface area contributed by atoms with Gasteiger partial charge < -0.3 is 10.6 Å². The van der Waals surface area contributed by atoms with Crippen molar-refractivity contribution in [2.45, 2.75) is 13.8 Å². The largest absolute Gasteiger partial charge is 0.324 e. The van der Waals surface area contributed by atoms with E-state index in [4.69, 9.17) is 11.6 Å². The Balaban J connectivity index is 1.68. The van der Waals surface area contributed by atoms with Crippen LogP contribution in [0.25, 0.3) is 0 Å². The van der Waals surface area contributed by atoms with E-state index in [1.165, 1.54) is 12.4 Å². The first-order valence-electron chi connectivity index (χ1n) is 7.74. The number of hydrogen-bond donors (Lipinski definition) is 2. The monoisotopic (exact) mass is 352 g/mol. The SMILES string of the molecule is Cc1cccc(Nc2ncc(C(=O)Nc3ccc(C)c(Cl)c3)cn2)c1. The average Bonchev–Trinajstić information content (AvgIpc) is 2.59. The molecule has 126 valence electrons. The van der Waals surface area contributed by atoms with Gasteiger partial charge in [0.25, 0.3) is 5.91 Å². The fourth-order valence-electron chi connectivity index (χ4n) is 2.24. The van der Waals surface area contributed by atoms with Crippen LogP contribution in [0, 0.1) is 13.8 Å². The van der Waals surface area contributed by atoms with Crippen molar-refractivity contribution < 1.29 is 4.79 Å². The Kier molecular flexibility index (Phi) is 4.95. The smallest absolute Gasteiger partial charge is 0.258 e. The number of carbonyl (C=O) groups excluding carboxylic acids is 1. The zero-order valence-corrected chi connectivity index (χ0v) is 14.6. The molecular weight excluding hydrogens is 336 g/mol. The topological polar surface area (TPSA) is 66.9 Å². The molecule has 5 nitrogen and oxygen atoms in total. The second-order valence-electron chi connectivity index (χ2n) is 5.71. The summed E-state index contributed by atoms with van der Waals surface area (Å²) in [7, 11) is 0. The number of aryl methyl sites for hydroxylation is 2. The summed E-state index contributed by atoms with van der Waals surface area (Å²) in [5.41, 5.74) is 3.98. The summed E-state index contributed by atoms with van der Waals surface area (Å²) in [4.78, 5) is 20.6. The van der Waals surface area contributed by atoms with Crippen molar-refractivity contribution in [2.75, 3.05) is 10.6 Å². The van der Waals surface area contributed by atoms with Gasteiger partial charge >= 0.3 is 0 Å². The Morgan fingerprint density at radius 2 is 1.76 bits per heavy atom. The molecule has 0 aliphatic carbocycles. The van der Waals surface area contributed by atoms with Gasteiger partial charge in [0.05, 0.1) is 5.56 Å². The highest BCUT2D eigenvalue weighted by molar-refractivity contribution is 6.31. The molecule has 0 bridgehead atoms. The fourth-order valence-corrected chi connectivity index (χ4v) is 2.42. The molecule has 3 rings (SSSR count). The predicted octanol–water partition coefficient (Wildman–Crippen LogP) is 4.74. The van der Waals surface area contributed by atoms with Gasteiger partial charge in [-0.2, -0.15) is 0 Å². The number of halogens is 1. The van der Waals surface area contributed by atoms with Crippen LogP contribution in [0.5, 0.6) is 0 Å². The van der Waals surface area contributed by atoms with Crippen LogP contribution in [0.3, 0.4) is 0 Å². The van der Waals surface area contributed by atoms with Crippen molar-refractivity contribution in [3.63, 3.8) is 0 Å². The maximum absolute atomic E-state index is 12.3. The third-order valence-corrected chi connectivity index (χ3v) is 4.03. The third-order valence-electron chi connectivity index (χ3n) is 3.62. The molecule has 0 saturated heterocycles. The summed E-state index contributed by atoms with van der Waals surface area (Å²) in [5, 5.41) is 6.49. The van der Waals surface area contributed by atoms with Crippen LogP contribution in [0.4, 0.5) is 17.3 Å².